The lowest BCUT2D eigenvalue weighted by Gasteiger charge is -2.27. The van der Waals surface area contributed by atoms with Gasteiger partial charge in [0.05, 0.1) is 25.8 Å². The van der Waals surface area contributed by atoms with Crippen molar-refractivity contribution in [1.82, 2.24) is 10.2 Å². The Kier molecular flexibility index (Phi) is 6.95. The van der Waals surface area contributed by atoms with E-state index in [0.717, 1.165) is 11.1 Å². The summed E-state index contributed by atoms with van der Waals surface area (Å²) in [6.45, 7) is 1.96. The Hall–Kier alpha value is -3.06. The normalized spacial score (nSPS) is 20.3. The smallest absolute Gasteiger partial charge is 0.253 e. The minimum atomic E-state index is -0.448. The van der Waals surface area contributed by atoms with Gasteiger partial charge in [-0.1, -0.05) is 12.1 Å². The molecule has 2 atom stereocenters. The molecule has 2 amide bonds. The van der Waals surface area contributed by atoms with Crippen LogP contribution in [0.15, 0.2) is 42.5 Å². The maximum absolute atomic E-state index is 13.0. The van der Waals surface area contributed by atoms with Gasteiger partial charge in [0.1, 0.15) is 18.1 Å². The zero-order valence-corrected chi connectivity index (χ0v) is 17.6. The zero-order chi connectivity index (χ0) is 21.7. The Labute approximate surface area is 176 Å². The van der Waals surface area contributed by atoms with Crippen LogP contribution in [0.4, 0.5) is 0 Å². The summed E-state index contributed by atoms with van der Waals surface area (Å²) in [7, 11) is 3.24. The number of likely N-dealkylation sites (N-methyl/N-ethyl adjacent to an activating group) is 1. The average Bonchev–Trinajstić information content (AvgIpc) is 2.76. The number of hydrogen-bond acceptors (Lipinski definition) is 5. The van der Waals surface area contributed by atoms with Crippen LogP contribution in [0, 0.1) is 0 Å². The maximum Gasteiger partial charge on any atom is 0.253 e. The predicted molar refractivity (Wildman–Crippen MR) is 114 cm³/mol. The second kappa shape index (κ2) is 9.63. The molecular weight excluding hydrogens is 384 g/mol. The van der Waals surface area contributed by atoms with Gasteiger partial charge in [0.15, 0.2) is 0 Å². The molecule has 0 aromatic heterocycles. The van der Waals surface area contributed by atoms with Gasteiger partial charge in [-0.15, -0.1) is 0 Å². The fraction of sp³-hybridized carbons (Fsp3) is 0.391. The van der Waals surface area contributed by atoms with Crippen molar-refractivity contribution in [3.8, 4) is 22.6 Å². The molecule has 0 unspecified atom stereocenters. The number of fused-ring (bicyclic) bond motifs is 4. The second-order valence-corrected chi connectivity index (χ2v) is 7.51. The third kappa shape index (κ3) is 4.91. The molecule has 160 valence electrons. The first-order chi connectivity index (χ1) is 14.4. The number of methoxy groups -OCH3 is 1. The number of nitrogens with zero attached hydrogens (tertiary/aromatic N) is 1. The van der Waals surface area contributed by atoms with Gasteiger partial charge in [0.25, 0.3) is 5.91 Å². The van der Waals surface area contributed by atoms with E-state index in [1.165, 1.54) is 4.90 Å². The highest BCUT2D eigenvalue weighted by molar-refractivity contribution is 5.96. The summed E-state index contributed by atoms with van der Waals surface area (Å²) in [4.78, 5) is 26.8. The standard InChI is InChI=1S/C23H28N2O5/c1-15-14-30-21-9-8-19(29-3)12-20(21)16-5-4-6-17(11-16)23(28)25(2)18(13-26)7-10-22(27)24-15/h4-6,8-9,11-12,15,18,26H,7,10,13-14H2,1-3H3,(H,24,27)/t15-,18+/m1/s1. The van der Waals surface area contributed by atoms with Gasteiger partial charge >= 0.3 is 0 Å². The van der Waals surface area contributed by atoms with Gasteiger partial charge in [0, 0.05) is 24.6 Å². The minimum absolute atomic E-state index is 0.143. The molecule has 3 rings (SSSR count). The van der Waals surface area contributed by atoms with Crippen molar-refractivity contribution in [1.29, 1.82) is 0 Å². The van der Waals surface area contributed by atoms with E-state index in [2.05, 4.69) is 5.32 Å². The summed E-state index contributed by atoms with van der Waals surface area (Å²) in [5, 5.41) is 12.7. The van der Waals surface area contributed by atoms with Gasteiger partial charge in [-0.3, -0.25) is 9.59 Å². The lowest BCUT2D eigenvalue weighted by Crippen LogP contribution is -2.41. The summed E-state index contributed by atoms with van der Waals surface area (Å²) < 4.78 is 11.4. The van der Waals surface area contributed by atoms with Crippen molar-refractivity contribution in [3.63, 3.8) is 0 Å². The predicted octanol–water partition coefficient (Wildman–Crippen LogP) is 2.47. The van der Waals surface area contributed by atoms with E-state index < -0.39 is 6.04 Å². The van der Waals surface area contributed by atoms with Crippen LogP contribution in [-0.2, 0) is 4.79 Å². The molecule has 1 aliphatic heterocycles. The van der Waals surface area contributed by atoms with Gasteiger partial charge in [-0.2, -0.15) is 0 Å². The monoisotopic (exact) mass is 412 g/mol. The molecule has 0 aliphatic carbocycles. The van der Waals surface area contributed by atoms with E-state index in [1.54, 1.807) is 26.3 Å². The molecule has 7 nitrogen and oxygen atoms in total. The average molecular weight is 412 g/mol. The van der Waals surface area contributed by atoms with E-state index in [4.69, 9.17) is 9.47 Å². The molecule has 0 spiro atoms. The first-order valence-electron chi connectivity index (χ1n) is 10.0. The molecule has 0 saturated carbocycles. The first-order valence-corrected chi connectivity index (χ1v) is 10.0. The molecule has 2 bridgehead atoms. The number of hydrogen-bond donors (Lipinski definition) is 2. The molecule has 1 heterocycles. The highest BCUT2D eigenvalue weighted by Gasteiger charge is 2.23. The number of ether oxygens (including phenoxy) is 2. The zero-order valence-electron chi connectivity index (χ0n) is 17.6. The third-order valence-corrected chi connectivity index (χ3v) is 5.29. The topological polar surface area (TPSA) is 88.1 Å². The van der Waals surface area contributed by atoms with Crippen LogP contribution in [0.1, 0.15) is 30.1 Å². The summed E-state index contributed by atoms with van der Waals surface area (Å²) in [5.74, 6) is 0.949. The molecule has 2 aromatic carbocycles. The molecule has 1 aliphatic rings. The first kappa shape index (κ1) is 21.6. The quantitative estimate of drug-likeness (QED) is 0.791. The molecule has 0 saturated heterocycles. The fourth-order valence-corrected chi connectivity index (χ4v) is 3.49. The summed E-state index contributed by atoms with van der Waals surface area (Å²) >= 11 is 0. The molecule has 7 heteroatoms. The Morgan fingerprint density at radius 2 is 1.97 bits per heavy atom. The largest absolute Gasteiger partial charge is 0.497 e. The van der Waals surface area contributed by atoms with Crippen LogP contribution in [-0.4, -0.2) is 61.3 Å². The number of nitrogens with one attached hydrogen (secondary N) is 1. The number of carbonyl (C=O) groups excluding carboxylic acids is 2. The molecule has 0 fully saturated rings. The second-order valence-electron chi connectivity index (χ2n) is 7.51. The number of amides is 2. The van der Waals surface area contributed by atoms with Gasteiger partial charge < -0.3 is 24.8 Å². The fourth-order valence-electron chi connectivity index (χ4n) is 3.49. The summed E-state index contributed by atoms with van der Waals surface area (Å²) in [5.41, 5.74) is 2.10. The lowest BCUT2D eigenvalue weighted by atomic mass is 10.0. The van der Waals surface area contributed by atoms with Crippen LogP contribution in [0.3, 0.4) is 0 Å². The number of benzene rings is 2. The van der Waals surface area contributed by atoms with E-state index in [1.807, 2.05) is 37.3 Å². The van der Waals surface area contributed by atoms with Gasteiger partial charge in [-0.05, 0) is 49.2 Å². The van der Waals surface area contributed by atoms with Crippen LogP contribution in [0.25, 0.3) is 11.1 Å². The number of carbonyl (C=O) groups is 2. The van der Waals surface area contributed by atoms with Crippen molar-refractivity contribution in [2.24, 2.45) is 0 Å². The van der Waals surface area contributed by atoms with E-state index in [9.17, 15) is 14.7 Å². The third-order valence-electron chi connectivity index (χ3n) is 5.29. The van der Waals surface area contributed by atoms with Crippen LogP contribution in [0.2, 0.25) is 0 Å². The number of aliphatic hydroxyl groups excluding tert-OH is 1. The Morgan fingerprint density at radius 1 is 1.20 bits per heavy atom. The van der Waals surface area contributed by atoms with Crippen LogP contribution >= 0.6 is 0 Å². The van der Waals surface area contributed by atoms with Crippen molar-refractivity contribution < 1.29 is 24.2 Å². The minimum Gasteiger partial charge on any atom is -0.497 e. The maximum atomic E-state index is 13.0. The Morgan fingerprint density at radius 3 is 2.70 bits per heavy atom. The summed E-state index contributed by atoms with van der Waals surface area (Å²) in [6, 6.07) is 12.1. The molecule has 2 N–H and O–H groups in total. The van der Waals surface area contributed by atoms with Crippen molar-refractivity contribution >= 4 is 11.8 Å². The van der Waals surface area contributed by atoms with Gasteiger partial charge in [0.2, 0.25) is 5.91 Å². The van der Waals surface area contributed by atoms with Crippen LogP contribution < -0.4 is 14.8 Å². The van der Waals surface area contributed by atoms with Crippen molar-refractivity contribution in [2.75, 3.05) is 27.4 Å². The molecular formula is C23H28N2O5. The molecule has 0 radical (unpaired) electrons. The van der Waals surface area contributed by atoms with E-state index >= 15 is 0 Å². The van der Waals surface area contributed by atoms with Gasteiger partial charge in [-0.25, -0.2) is 0 Å². The Bertz CT molecular complexity index is 914. The van der Waals surface area contributed by atoms with E-state index in [-0.39, 0.29) is 30.9 Å². The molecule has 30 heavy (non-hydrogen) atoms. The highest BCUT2D eigenvalue weighted by Crippen LogP contribution is 2.34. The molecule has 2 aromatic rings. The lowest BCUT2D eigenvalue weighted by molar-refractivity contribution is -0.122. The van der Waals surface area contributed by atoms with Crippen molar-refractivity contribution in [2.45, 2.75) is 31.8 Å². The number of rotatable bonds is 2. The highest BCUT2D eigenvalue weighted by atomic mass is 16.5. The van der Waals surface area contributed by atoms with Crippen molar-refractivity contribution in [3.05, 3.63) is 48.0 Å². The van der Waals surface area contributed by atoms with E-state index in [0.29, 0.717) is 30.1 Å². The summed E-state index contributed by atoms with van der Waals surface area (Å²) in [6.07, 6.45) is 0.580. The van der Waals surface area contributed by atoms with Crippen LogP contribution in [0.5, 0.6) is 11.5 Å². The number of aliphatic hydroxyl groups is 1. The SMILES string of the molecule is COc1ccc2c(c1)-c1cccc(c1)C(=O)N(C)[C@H](CO)CCC(=O)N[C@H](C)CO2. The Balaban J connectivity index is 2.06.